The summed E-state index contributed by atoms with van der Waals surface area (Å²) in [4.78, 5) is 7.07. The molecule has 174 valence electrons. The lowest BCUT2D eigenvalue weighted by molar-refractivity contribution is -0.0211. The zero-order valence-corrected chi connectivity index (χ0v) is 20.1. The number of hydrogen-bond acceptors (Lipinski definition) is 5. The Bertz CT molecular complexity index is 1200. The SMILES string of the molecule is Cc1ccc(C(O)N2CCC(CCO)CC2)c(C)c1Cc1nc2c(C)cc(C#N)cn2c1C. The number of imidazole rings is 1. The molecule has 1 saturated heterocycles. The van der Waals surface area contributed by atoms with E-state index in [1.807, 2.05) is 23.6 Å². The summed E-state index contributed by atoms with van der Waals surface area (Å²) < 4.78 is 2.02. The first-order valence-electron chi connectivity index (χ1n) is 11.8. The lowest BCUT2D eigenvalue weighted by atomic mass is 9.91. The van der Waals surface area contributed by atoms with Gasteiger partial charge in [-0.3, -0.25) is 4.90 Å². The molecule has 6 nitrogen and oxygen atoms in total. The van der Waals surface area contributed by atoms with Crippen molar-refractivity contribution >= 4 is 5.65 Å². The molecule has 1 unspecified atom stereocenters. The molecule has 3 aromatic rings. The van der Waals surface area contributed by atoms with Gasteiger partial charge >= 0.3 is 0 Å². The molecule has 0 aliphatic carbocycles. The van der Waals surface area contributed by atoms with Crippen LogP contribution in [-0.4, -0.2) is 44.2 Å². The molecule has 0 spiro atoms. The quantitative estimate of drug-likeness (QED) is 0.595. The Balaban J connectivity index is 1.62. The van der Waals surface area contributed by atoms with Crippen LogP contribution in [0.4, 0.5) is 0 Å². The van der Waals surface area contributed by atoms with Crippen LogP contribution in [0.3, 0.4) is 0 Å². The van der Waals surface area contributed by atoms with Crippen LogP contribution in [0.25, 0.3) is 5.65 Å². The van der Waals surface area contributed by atoms with E-state index in [-0.39, 0.29) is 6.61 Å². The van der Waals surface area contributed by atoms with Gasteiger partial charge in [-0.2, -0.15) is 5.26 Å². The second-order valence-corrected chi connectivity index (χ2v) is 9.48. The number of pyridine rings is 1. The third kappa shape index (κ3) is 4.54. The Hall–Kier alpha value is -2.72. The van der Waals surface area contributed by atoms with Gasteiger partial charge in [0.05, 0.1) is 11.3 Å². The van der Waals surface area contributed by atoms with Crippen molar-refractivity contribution in [2.45, 2.75) is 59.6 Å². The zero-order valence-electron chi connectivity index (χ0n) is 20.1. The number of benzene rings is 1. The average Bonchev–Trinajstić information content (AvgIpc) is 3.13. The number of likely N-dealkylation sites (tertiary alicyclic amines) is 1. The summed E-state index contributed by atoms with van der Waals surface area (Å²) in [5.74, 6) is 0.552. The molecule has 4 rings (SSSR count). The van der Waals surface area contributed by atoms with Crippen molar-refractivity contribution in [1.29, 1.82) is 5.26 Å². The molecule has 6 heteroatoms. The molecular formula is C27H34N4O2. The maximum atomic E-state index is 11.2. The van der Waals surface area contributed by atoms with Gasteiger partial charge in [0.1, 0.15) is 17.9 Å². The molecule has 33 heavy (non-hydrogen) atoms. The summed E-state index contributed by atoms with van der Waals surface area (Å²) >= 11 is 0. The molecule has 2 aromatic heterocycles. The number of aliphatic hydroxyl groups is 2. The van der Waals surface area contributed by atoms with E-state index in [0.29, 0.717) is 17.9 Å². The van der Waals surface area contributed by atoms with Crippen LogP contribution in [0.15, 0.2) is 24.4 Å². The fourth-order valence-corrected chi connectivity index (χ4v) is 5.19. The smallest absolute Gasteiger partial charge is 0.140 e. The second-order valence-electron chi connectivity index (χ2n) is 9.48. The summed E-state index contributed by atoms with van der Waals surface area (Å²) in [5.41, 5.74) is 9.02. The number of nitriles is 1. The highest BCUT2D eigenvalue weighted by Crippen LogP contribution is 2.31. The molecule has 1 atom stereocenters. The second kappa shape index (κ2) is 9.64. The number of aryl methyl sites for hydroxylation is 3. The van der Waals surface area contributed by atoms with E-state index in [1.165, 1.54) is 11.1 Å². The van der Waals surface area contributed by atoms with E-state index in [4.69, 9.17) is 4.98 Å². The molecular weight excluding hydrogens is 412 g/mol. The van der Waals surface area contributed by atoms with Crippen molar-refractivity contribution < 1.29 is 10.2 Å². The molecule has 1 fully saturated rings. The minimum atomic E-state index is -0.623. The minimum Gasteiger partial charge on any atom is -0.396 e. The normalized spacial score (nSPS) is 16.3. The third-order valence-corrected chi connectivity index (χ3v) is 7.40. The highest BCUT2D eigenvalue weighted by Gasteiger charge is 2.26. The van der Waals surface area contributed by atoms with Crippen LogP contribution in [0.2, 0.25) is 0 Å². The molecule has 0 amide bonds. The number of fused-ring (bicyclic) bond motifs is 1. The number of hydrogen-bond donors (Lipinski definition) is 2. The Morgan fingerprint density at radius 3 is 2.55 bits per heavy atom. The largest absolute Gasteiger partial charge is 0.396 e. The zero-order chi connectivity index (χ0) is 23.7. The van der Waals surface area contributed by atoms with Gasteiger partial charge in [-0.05, 0) is 86.8 Å². The molecule has 0 radical (unpaired) electrons. The lowest BCUT2D eigenvalue weighted by Crippen LogP contribution is -2.37. The van der Waals surface area contributed by atoms with Crippen molar-refractivity contribution in [2.75, 3.05) is 19.7 Å². The lowest BCUT2D eigenvalue weighted by Gasteiger charge is -2.36. The molecule has 1 aliphatic rings. The number of aromatic nitrogens is 2. The highest BCUT2D eigenvalue weighted by atomic mass is 16.3. The summed E-state index contributed by atoms with van der Waals surface area (Å²) in [5, 5.41) is 29.8. The van der Waals surface area contributed by atoms with E-state index >= 15 is 0 Å². The standard InChI is InChI=1S/C27H34N4O2/c1-17-5-6-23(27(33)30-10-7-21(8-11-30)9-12-32)19(3)24(17)14-25-20(4)31-16-22(15-28)13-18(2)26(31)29-25/h5-6,13,16,21,27,32-33H,7-12,14H2,1-4H3. The van der Waals surface area contributed by atoms with Gasteiger partial charge in [0.15, 0.2) is 0 Å². The van der Waals surface area contributed by atoms with Crippen LogP contribution in [0.5, 0.6) is 0 Å². The maximum absolute atomic E-state index is 11.2. The Labute approximate surface area is 196 Å². The first-order chi connectivity index (χ1) is 15.8. The van der Waals surface area contributed by atoms with Crippen LogP contribution in [0.1, 0.15) is 70.3 Å². The molecule has 0 bridgehead atoms. The van der Waals surface area contributed by atoms with Crippen LogP contribution in [-0.2, 0) is 6.42 Å². The fourth-order valence-electron chi connectivity index (χ4n) is 5.19. The van der Waals surface area contributed by atoms with Gasteiger partial charge in [0, 0.05) is 38.0 Å². The van der Waals surface area contributed by atoms with Crippen molar-refractivity contribution in [1.82, 2.24) is 14.3 Å². The fraction of sp³-hybridized carbons (Fsp3) is 0.481. The van der Waals surface area contributed by atoms with Gasteiger partial charge in [-0.1, -0.05) is 12.1 Å². The number of nitrogens with zero attached hydrogens (tertiary/aromatic N) is 4. The molecule has 1 aromatic carbocycles. The summed E-state index contributed by atoms with van der Waals surface area (Å²) in [6.07, 6.45) is 4.80. The molecule has 3 heterocycles. The number of piperidine rings is 1. The van der Waals surface area contributed by atoms with Gasteiger partial charge in [-0.25, -0.2) is 4.98 Å². The predicted octanol–water partition coefficient (Wildman–Crippen LogP) is 4.12. The minimum absolute atomic E-state index is 0.244. The first kappa shape index (κ1) is 23.4. The topological polar surface area (TPSA) is 84.8 Å². The maximum Gasteiger partial charge on any atom is 0.140 e. The monoisotopic (exact) mass is 446 g/mol. The number of aliphatic hydroxyl groups excluding tert-OH is 2. The Morgan fingerprint density at radius 1 is 1.15 bits per heavy atom. The van der Waals surface area contributed by atoms with Crippen molar-refractivity contribution in [3.63, 3.8) is 0 Å². The summed E-state index contributed by atoms with van der Waals surface area (Å²) in [6, 6.07) is 8.26. The summed E-state index contributed by atoms with van der Waals surface area (Å²) in [6.45, 7) is 10.2. The highest BCUT2D eigenvalue weighted by molar-refractivity contribution is 5.54. The Kier molecular flexibility index (Phi) is 6.85. The molecule has 0 saturated carbocycles. The van der Waals surface area contributed by atoms with Crippen molar-refractivity contribution in [3.05, 3.63) is 69.2 Å². The number of rotatable bonds is 6. The van der Waals surface area contributed by atoms with Crippen LogP contribution >= 0.6 is 0 Å². The Morgan fingerprint density at radius 2 is 1.88 bits per heavy atom. The summed E-state index contributed by atoms with van der Waals surface area (Å²) in [7, 11) is 0. The average molecular weight is 447 g/mol. The van der Waals surface area contributed by atoms with E-state index in [1.54, 1.807) is 0 Å². The van der Waals surface area contributed by atoms with Gasteiger partial charge in [0.2, 0.25) is 0 Å². The molecule has 1 aliphatic heterocycles. The van der Waals surface area contributed by atoms with Crippen LogP contribution in [0, 0.1) is 44.9 Å². The van der Waals surface area contributed by atoms with Crippen LogP contribution < -0.4 is 0 Å². The van der Waals surface area contributed by atoms with E-state index in [0.717, 1.165) is 66.1 Å². The first-order valence-corrected chi connectivity index (χ1v) is 11.8. The van der Waals surface area contributed by atoms with Gasteiger partial charge in [0.25, 0.3) is 0 Å². The predicted molar refractivity (Wildman–Crippen MR) is 129 cm³/mol. The third-order valence-electron chi connectivity index (χ3n) is 7.40. The van der Waals surface area contributed by atoms with E-state index in [9.17, 15) is 15.5 Å². The van der Waals surface area contributed by atoms with Gasteiger partial charge in [-0.15, -0.1) is 0 Å². The van der Waals surface area contributed by atoms with Crippen molar-refractivity contribution in [3.8, 4) is 6.07 Å². The van der Waals surface area contributed by atoms with E-state index in [2.05, 4.69) is 43.9 Å². The van der Waals surface area contributed by atoms with Crippen molar-refractivity contribution in [2.24, 2.45) is 5.92 Å². The molecule has 2 N–H and O–H groups in total. The van der Waals surface area contributed by atoms with Gasteiger partial charge < -0.3 is 14.6 Å². The van der Waals surface area contributed by atoms with E-state index < -0.39 is 6.23 Å².